The Bertz CT molecular complexity index is 603. The molecule has 96 valence electrons. The van der Waals surface area contributed by atoms with Crippen LogP contribution < -0.4 is 0 Å². The van der Waals surface area contributed by atoms with Crippen LogP contribution in [-0.4, -0.2) is 11.7 Å². The fraction of sp³-hybridized carbons (Fsp3) is 0.286. The Morgan fingerprint density at radius 2 is 2.11 bits per heavy atom. The molecule has 3 rings (SSSR count). The highest BCUT2D eigenvalue weighted by molar-refractivity contribution is 9.10. The van der Waals surface area contributed by atoms with Crippen LogP contribution in [0.2, 0.25) is 0 Å². The molecule has 0 bridgehead atoms. The average Bonchev–Trinajstić information content (AvgIpc) is 2.86. The van der Waals surface area contributed by atoms with Crippen molar-refractivity contribution in [3.63, 3.8) is 0 Å². The number of halogens is 1. The van der Waals surface area contributed by atoms with Gasteiger partial charge in [0, 0.05) is 27.5 Å². The van der Waals surface area contributed by atoms with Crippen LogP contribution in [0.1, 0.15) is 17.9 Å². The molecule has 0 aromatic heterocycles. The minimum absolute atomic E-state index is 0.0538. The Hall–Kier alpha value is -1.25. The molecule has 0 saturated carbocycles. The van der Waals surface area contributed by atoms with Gasteiger partial charge in [0.15, 0.2) is 0 Å². The first-order chi connectivity index (χ1) is 9.20. The van der Waals surface area contributed by atoms with Crippen molar-refractivity contribution < 1.29 is 4.74 Å². The van der Waals surface area contributed by atoms with E-state index in [1.807, 2.05) is 24.3 Å². The summed E-state index contributed by atoms with van der Waals surface area (Å²) in [4.78, 5) is 1.13. The zero-order valence-electron chi connectivity index (χ0n) is 10.0. The van der Waals surface area contributed by atoms with E-state index in [-0.39, 0.29) is 11.8 Å². The predicted molar refractivity (Wildman–Crippen MR) is 78.9 cm³/mol. The summed E-state index contributed by atoms with van der Waals surface area (Å²) in [6.07, 6.45) is 0.855. The zero-order valence-corrected chi connectivity index (χ0v) is 12.4. The van der Waals surface area contributed by atoms with Crippen molar-refractivity contribution in [2.45, 2.75) is 12.3 Å². The largest absolute Gasteiger partial charge is 0.446 e. The first kappa shape index (κ1) is 12.8. The third-order valence-corrected chi connectivity index (χ3v) is 5.09. The molecular weight excluding hydrogens is 324 g/mol. The van der Waals surface area contributed by atoms with Crippen LogP contribution in [0.15, 0.2) is 39.4 Å². The monoisotopic (exact) mass is 334 g/mol. The molecule has 0 fully saturated rings. The molecule has 0 amide bonds. The Morgan fingerprint density at radius 1 is 1.37 bits per heavy atom. The van der Waals surface area contributed by atoms with Crippen LogP contribution >= 0.6 is 27.7 Å². The minimum atomic E-state index is -0.523. The van der Waals surface area contributed by atoms with Crippen LogP contribution in [-0.2, 0) is 4.74 Å². The van der Waals surface area contributed by atoms with Gasteiger partial charge in [-0.15, -0.1) is 11.8 Å². The fourth-order valence-corrected chi connectivity index (χ4v) is 4.00. The van der Waals surface area contributed by atoms with Gasteiger partial charge in [0.1, 0.15) is 11.7 Å². The molecule has 5 heteroatoms. The van der Waals surface area contributed by atoms with Gasteiger partial charge >= 0.3 is 0 Å². The van der Waals surface area contributed by atoms with Gasteiger partial charge in [0.2, 0.25) is 5.90 Å². The van der Waals surface area contributed by atoms with Gasteiger partial charge in [-0.2, -0.15) is 5.26 Å². The highest BCUT2D eigenvalue weighted by Crippen LogP contribution is 2.49. The van der Waals surface area contributed by atoms with Crippen molar-refractivity contribution in [3.05, 3.63) is 45.0 Å². The van der Waals surface area contributed by atoms with Gasteiger partial charge in [-0.3, -0.25) is 5.41 Å². The number of allylic oxidation sites excluding steroid dienone is 2. The molecule has 0 spiro atoms. The Kier molecular flexibility index (Phi) is 3.38. The number of nitrogens with zero attached hydrogens (tertiary/aromatic N) is 1. The average molecular weight is 335 g/mol. The molecule has 0 radical (unpaired) electrons. The standard InChI is InChI=1S/C14H11BrN2OS/c15-9-3-1-8(2-4-9)12-10(7-16)14(17)18-11-5-6-19-13(11)12/h1-4,10,12,17H,5-6H2. The van der Waals surface area contributed by atoms with Crippen molar-refractivity contribution in [2.24, 2.45) is 5.92 Å². The maximum atomic E-state index is 9.36. The van der Waals surface area contributed by atoms with Gasteiger partial charge in [-0.1, -0.05) is 28.1 Å². The van der Waals surface area contributed by atoms with Crippen molar-refractivity contribution in [2.75, 3.05) is 5.75 Å². The van der Waals surface area contributed by atoms with Crippen LogP contribution in [0.4, 0.5) is 0 Å². The maximum absolute atomic E-state index is 9.36. The highest BCUT2D eigenvalue weighted by Gasteiger charge is 2.40. The molecule has 2 aliphatic rings. The van der Waals surface area contributed by atoms with Crippen molar-refractivity contribution in [1.82, 2.24) is 0 Å². The van der Waals surface area contributed by atoms with E-state index < -0.39 is 5.92 Å². The lowest BCUT2D eigenvalue weighted by molar-refractivity contribution is 0.343. The summed E-state index contributed by atoms with van der Waals surface area (Å²) in [7, 11) is 0. The molecule has 1 aromatic carbocycles. The molecule has 3 nitrogen and oxygen atoms in total. The second-order valence-electron chi connectivity index (χ2n) is 4.49. The quantitative estimate of drug-likeness (QED) is 0.843. The molecule has 1 aromatic rings. The molecule has 19 heavy (non-hydrogen) atoms. The third kappa shape index (κ3) is 2.19. The van der Waals surface area contributed by atoms with Crippen molar-refractivity contribution in [3.8, 4) is 6.07 Å². The minimum Gasteiger partial charge on any atom is -0.446 e. The van der Waals surface area contributed by atoms with E-state index in [9.17, 15) is 5.26 Å². The van der Waals surface area contributed by atoms with E-state index in [0.717, 1.165) is 32.9 Å². The second kappa shape index (κ2) is 5.03. The van der Waals surface area contributed by atoms with E-state index in [0.29, 0.717) is 0 Å². The summed E-state index contributed by atoms with van der Waals surface area (Å²) in [6.45, 7) is 0. The number of hydrogen-bond acceptors (Lipinski definition) is 4. The van der Waals surface area contributed by atoms with Gasteiger partial charge < -0.3 is 4.74 Å². The molecule has 2 unspecified atom stereocenters. The molecule has 2 atom stereocenters. The smallest absolute Gasteiger partial charge is 0.205 e. The number of rotatable bonds is 1. The Labute approximate surface area is 124 Å². The van der Waals surface area contributed by atoms with E-state index in [1.54, 1.807) is 11.8 Å². The molecular formula is C14H11BrN2OS. The summed E-state index contributed by atoms with van der Waals surface area (Å²) in [5.74, 6) is 1.36. The summed E-state index contributed by atoms with van der Waals surface area (Å²) in [5, 5.41) is 17.3. The topological polar surface area (TPSA) is 56.9 Å². The number of ether oxygens (including phenoxy) is 1. The lowest BCUT2D eigenvalue weighted by Crippen LogP contribution is -2.28. The molecule has 0 aliphatic carbocycles. The zero-order chi connectivity index (χ0) is 13.4. The maximum Gasteiger partial charge on any atom is 0.205 e. The predicted octanol–water partition coefficient (Wildman–Crippen LogP) is 4.03. The molecule has 0 saturated heterocycles. The molecule has 1 N–H and O–H groups in total. The Morgan fingerprint density at radius 3 is 2.79 bits per heavy atom. The Balaban J connectivity index is 2.09. The van der Waals surface area contributed by atoms with Crippen LogP contribution in [0.25, 0.3) is 0 Å². The van der Waals surface area contributed by atoms with Gasteiger partial charge in [-0.25, -0.2) is 0 Å². The number of nitriles is 1. The van der Waals surface area contributed by atoms with Gasteiger partial charge in [-0.05, 0) is 17.7 Å². The lowest BCUT2D eigenvalue weighted by Gasteiger charge is -2.29. The second-order valence-corrected chi connectivity index (χ2v) is 6.54. The lowest BCUT2D eigenvalue weighted by atomic mass is 9.84. The van der Waals surface area contributed by atoms with E-state index in [1.165, 1.54) is 0 Å². The third-order valence-electron chi connectivity index (χ3n) is 3.36. The van der Waals surface area contributed by atoms with Crippen molar-refractivity contribution >= 4 is 33.6 Å². The number of benzene rings is 1. The number of hydrogen-bond donors (Lipinski definition) is 1. The van der Waals surface area contributed by atoms with E-state index >= 15 is 0 Å². The SMILES string of the molecule is N#CC1C(=N)OC2=C(SCC2)C1c1ccc(Br)cc1. The normalized spacial score (nSPS) is 25.8. The van der Waals surface area contributed by atoms with E-state index in [4.69, 9.17) is 10.1 Å². The van der Waals surface area contributed by atoms with Crippen LogP contribution in [0, 0.1) is 22.7 Å². The summed E-state index contributed by atoms with van der Waals surface area (Å²) < 4.78 is 6.51. The summed E-state index contributed by atoms with van der Waals surface area (Å²) >= 11 is 5.17. The van der Waals surface area contributed by atoms with Gasteiger partial charge in [0.05, 0.1) is 6.07 Å². The number of nitrogens with one attached hydrogen (secondary N) is 1. The highest BCUT2D eigenvalue weighted by atomic mass is 79.9. The van der Waals surface area contributed by atoms with Crippen molar-refractivity contribution in [1.29, 1.82) is 10.7 Å². The van der Waals surface area contributed by atoms with Crippen LogP contribution in [0.3, 0.4) is 0 Å². The fourth-order valence-electron chi connectivity index (χ4n) is 2.47. The number of thioether (sulfide) groups is 1. The van der Waals surface area contributed by atoms with Crippen LogP contribution in [0.5, 0.6) is 0 Å². The first-order valence-corrected chi connectivity index (χ1v) is 7.76. The van der Waals surface area contributed by atoms with E-state index in [2.05, 4.69) is 22.0 Å². The molecule has 2 heterocycles. The summed E-state index contributed by atoms with van der Waals surface area (Å²) in [6, 6.07) is 10.2. The molecule has 2 aliphatic heterocycles. The first-order valence-electron chi connectivity index (χ1n) is 5.98. The summed E-state index contributed by atoms with van der Waals surface area (Å²) in [5.41, 5.74) is 1.07. The van der Waals surface area contributed by atoms with Gasteiger partial charge in [0.25, 0.3) is 0 Å².